The van der Waals surface area contributed by atoms with Crippen LogP contribution in [-0.2, 0) is 13.6 Å². The van der Waals surface area contributed by atoms with Crippen LogP contribution >= 0.6 is 0 Å². The predicted molar refractivity (Wildman–Crippen MR) is 83.4 cm³/mol. The molecule has 7 nitrogen and oxygen atoms in total. The fourth-order valence-corrected chi connectivity index (χ4v) is 2.69. The van der Waals surface area contributed by atoms with E-state index < -0.39 is 0 Å². The van der Waals surface area contributed by atoms with E-state index >= 15 is 0 Å². The Hall–Kier alpha value is -2.28. The summed E-state index contributed by atoms with van der Waals surface area (Å²) in [6.07, 6.45) is 8.70. The highest BCUT2D eigenvalue weighted by molar-refractivity contribution is 5.33. The molecule has 1 fully saturated rings. The van der Waals surface area contributed by atoms with Crippen LogP contribution in [0.2, 0.25) is 0 Å². The van der Waals surface area contributed by atoms with Gasteiger partial charge in [0, 0.05) is 51.3 Å². The third-order valence-corrected chi connectivity index (χ3v) is 3.98. The number of piperidine rings is 1. The number of likely N-dealkylation sites (tertiary alicyclic amines) is 1. The van der Waals surface area contributed by atoms with Crippen molar-refractivity contribution < 1.29 is 0 Å². The van der Waals surface area contributed by atoms with E-state index in [9.17, 15) is 4.79 Å². The number of anilines is 1. The molecule has 1 aliphatic rings. The third kappa shape index (κ3) is 3.48. The topological polar surface area (TPSA) is 75.9 Å². The summed E-state index contributed by atoms with van der Waals surface area (Å²) in [7, 11) is 1.76. The Bertz CT molecular complexity index is 663. The van der Waals surface area contributed by atoms with E-state index in [0.29, 0.717) is 18.3 Å². The van der Waals surface area contributed by atoms with Crippen molar-refractivity contribution >= 4 is 5.82 Å². The van der Waals surface area contributed by atoms with Gasteiger partial charge in [0.15, 0.2) is 0 Å². The highest BCUT2D eigenvalue weighted by atomic mass is 16.1. The fraction of sp³-hybridized carbons (Fsp3) is 0.467. The van der Waals surface area contributed by atoms with Gasteiger partial charge in [0.1, 0.15) is 17.8 Å². The van der Waals surface area contributed by atoms with Crippen LogP contribution in [0.3, 0.4) is 0 Å². The first-order valence-corrected chi connectivity index (χ1v) is 7.48. The van der Waals surface area contributed by atoms with E-state index in [-0.39, 0.29) is 5.56 Å². The molecule has 0 radical (unpaired) electrons. The molecule has 1 saturated heterocycles. The van der Waals surface area contributed by atoms with Crippen molar-refractivity contribution in [1.29, 1.82) is 0 Å². The average molecular weight is 300 g/mol. The quantitative estimate of drug-likeness (QED) is 0.893. The van der Waals surface area contributed by atoms with Gasteiger partial charge < -0.3 is 9.88 Å². The zero-order valence-corrected chi connectivity index (χ0v) is 12.6. The van der Waals surface area contributed by atoms with Crippen LogP contribution in [0.4, 0.5) is 5.82 Å². The molecule has 0 spiro atoms. The van der Waals surface area contributed by atoms with Crippen LogP contribution in [0.5, 0.6) is 0 Å². The van der Waals surface area contributed by atoms with Crippen LogP contribution in [0.25, 0.3) is 0 Å². The third-order valence-electron chi connectivity index (χ3n) is 3.98. The van der Waals surface area contributed by atoms with Crippen molar-refractivity contribution in [2.75, 3.05) is 18.4 Å². The Balaban J connectivity index is 1.54. The fourth-order valence-electron chi connectivity index (χ4n) is 2.69. The number of nitrogens with zero attached hydrogens (tertiary/aromatic N) is 5. The summed E-state index contributed by atoms with van der Waals surface area (Å²) in [4.78, 5) is 26.6. The zero-order chi connectivity index (χ0) is 15.4. The van der Waals surface area contributed by atoms with Gasteiger partial charge in [0.25, 0.3) is 5.56 Å². The maximum atomic E-state index is 12.0. The lowest BCUT2D eigenvalue weighted by Gasteiger charge is -2.32. The molecule has 7 heteroatoms. The maximum Gasteiger partial charge on any atom is 0.273 e. The minimum absolute atomic E-state index is 0.0104. The van der Waals surface area contributed by atoms with Gasteiger partial charge in [-0.1, -0.05) is 0 Å². The SMILES string of the molecule is Cn1ccnc(CN2CCC(Nc3ccncn3)CC2)c1=O. The van der Waals surface area contributed by atoms with E-state index in [0.717, 1.165) is 31.7 Å². The summed E-state index contributed by atoms with van der Waals surface area (Å²) in [6.45, 7) is 2.51. The predicted octanol–water partition coefficient (Wildman–Crippen LogP) is 0.647. The normalized spacial score (nSPS) is 16.6. The number of hydrogen-bond acceptors (Lipinski definition) is 6. The zero-order valence-electron chi connectivity index (χ0n) is 12.6. The van der Waals surface area contributed by atoms with Gasteiger partial charge in [-0.15, -0.1) is 0 Å². The van der Waals surface area contributed by atoms with Gasteiger partial charge in [-0.2, -0.15) is 0 Å². The highest BCUT2D eigenvalue weighted by Crippen LogP contribution is 2.15. The van der Waals surface area contributed by atoms with Crippen molar-refractivity contribution in [2.24, 2.45) is 7.05 Å². The van der Waals surface area contributed by atoms with Crippen LogP contribution in [0, 0.1) is 0 Å². The number of rotatable bonds is 4. The van der Waals surface area contributed by atoms with E-state index in [2.05, 4.69) is 25.2 Å². The molecule has 0 aliphatic carbocycles. The van der Waals surface area contributed by atoms with Crippen LogP contribution in [0.1, 0.15) is 18.5 Å². The Labute approximate surface area is 129 Å². The first-order valence-electron chi connectivity index (χ1n) is 7.48. The molecular formula is C15H20N6O. The lowest BCUT2D eigenvalue weighted by atomic mass is 10.0. The highest BCUT2D eigenvalue weighted by Gasteiger charge is 2.20. The summed E-state index contributed by atoms with van der Waals surface area (Å²) < 4.78 is 1.58. The summed E-state index contributed by atoms with van der Waals surface area (Å²) >= 11 is 0. The molecule has 1 N–H and O–H groups in total. The minimum Gasteiger partial charge on any atom is -0.367 e. The molecule has 2 aromatic heterocycles. The molecule has 2 aromatic rings. The maximum absolute atomic E-state index is 12.0. The van der Waals surface area contributed by atoms with Crippen LogP contribution < -0.4 is 10.9 Å². The average Bonchev–Trinajstić information content (AvgIpc) is 2.55. The van der Waals surface area contributed by atoms with Gasteiger partial charge in [-0.25, -0.2) is 9.97 Å². The Morgan fingerprint density at radius 1 is 1.27 bits per heavy atom. The number of aromatic nitrogens is 4. The molecular weight excluding hydrogens is 280 g/mol. The van der Waals surface area contributed by atoms with Gasteiger partial charge in [-0.3, -0.25) is 14.7 Å². The van der Waals surface area contributed by atoms with Crippen molar-refractivity contribution in [3.63, 3.8) is 0 Å². The molecule has 0 bridgehead atoms. The van der Waals surface area contributed by atoms with E-state index in [4.69, 9.17) is 0 Å². The molecule has 0 amide bonds. The molecule has 0 unspecified atom stereocenters. The van der Waals surface area contributed by atoms with Gasteiger partial charge >= 0.3 is 0 Å². The van der Waals surface area contributed by atoms with Gasteiger partial charge in [0.2, 0.25) is 0 Å². The number of aryl methyl sites for hydroxylation is 1. The largest absolute Gasteiger partial charge is 0.367 e. The second kappa shape index (κ2) is 6.65. The van der Waals surface area contributed by atoms with Crippen LogP contribution in [-0.4, -0.2) is 43.6 Å². The number of nitrogens with one attached hydrogen (secondary N) is 1. The lowest BCUT2D eigenvalue weighted by Crippen LogP contribution is -2.40. The molecule has 0 saturated carbocycles. The van der Waals surface area contributed by atoms with Crippen molar-refractivity contribution in [2.45, 2.75) is 25.4 Å². The van der Waals surface area contributed by atoms with Crippen molar-refractivity contribution in [3.8, 4) is 0 Å². The summed E-state index contributed by atoms with van der Waals surface area (Å²) in [6, 6.07) is 2.29. The Kier molecular flexibility index (Phi) is 4.43. The first-order chi connectivity index (χ1) is 10.7. The van der Waals surface area contributed by atoms with Gasteiger partial charge in [0.05, 0.1) is 0 Å². The minimum atomic E-state index is -0.0104. The monoisotopic (exact) mass is 300 g/mol. The van der Waals surface area contributed by atoms with Crippen molar-refractivity contribution in [3.05, 3.63) is 47.0 Å². The number of hydrogen-bond donors (Lipinski definition) is 1. The summed E-state index contributed by atoms with van der Waals surface area (Å²) in [5.41, 5.74) is 0.607. The molecule has 0 aromatic carbocycles. The Morgan fingerprint density at radius 3 is 2.82 bits per heavy atom. The summed E-state index contributed by atoms with van der Waals surface area (Å²) in [5, 5.41) is 3.43. The van der Waals surface area contributed by atoms with E-state index in [1.54, 1.807) is 36.5 Å². The molecule has 1 aliphatic heterocycles. The lowest BCUT2D eigenvalue weighted by molar-refractivity contribution is 0.208. The van der Waals surface area contributed by atoms with E-state index in [1.807, 2.05) is 6.07 Å². The summed E-state index contributed by atoms with van der Waals surface area (Å²) in [5.74, 6) is 0.868. The Morgan fingerprint density at radius 2 is 2.09 bits per heavy atom. The standard InChI is InChI=1S/C15H20N6O/c1-20-9-6-17-13(15(20)22)10-21-7-3-12(4-8-21)19-14-2-5-16-11-18-14/h2,5-6,9,11-12H,3-4,7-8,10H2,1H3,(H,16,18,19). The second-order valence-corrected chi connectivity index (χ2v) is 5.58. The van der Waals surface area contributed by atoms with E-state index in [1.165, 1.54) is 0 Å². The van der Waals surface area contributed by atoms with Gasteiger partial charge in [-0.05, 0) is 18.9 Å². The molecule has 116 valence electrons. The molecule has 22 heavy (non-hydrogen) atoms. The smallest absolute Gasteiger partial charge is 0.273 e. The second-order valence-electron chi connectivity index (χ2n) is 5.58. The molecule has 3 heterocycles. The van der Waals surface area contributed by atoms with Crippen LogP contribution in [0.15, 0.2) is 35.8 Å². The molecule has 3 rings (SSSR count). The molecule has 0 atom stereocenters. The first kappa shape index (κ1) is 14.6. The van der Waals surface area contributed by atoms with Crippen molar-refractivity contribution in [1.82, 2.24) is 24.4 Å².